The van der Waals surface area contributed by atoms with Gasteiger partial charge in [0.05, 0.1) is 23.1 Å². The van der Waals surface area contributed by atoms with Gasteiger partial charge < -0.3 is 9.90 Å². The van der Waals surface area contributed by atoms with Gasteiger partial charge >= 0.3 is 59.1 Å². The van der Waals surface area contributed by atoms with E-state index in [9.17, 15) is 42.9 Å². The quantitative estimate of drug-likeness (QED) is 0.0904. The van der Waals surface area contributed by atoms with Crippen molar-refractivity contribution in [2.45, 2.75) is 0 Å². The van der Waals surface area contributed by atoms with Crippen molar-refractivity contribution in [2.75, 3.05) is 0 Å². The third-order valence-corrected chi connectivity index (χ3v) is 7.22. The number of hydrogen-bond donors (Lipinski definition) is 3. The van der Waals surface area contributed by atoms with E-state index < -0.39 is 38.1 Å². The number of carboxylic acid groups (broad SMARTS) is 1. The first-order valence-corrected chi connectivity index (χ1v) is 13.8. The molecule has 220 valence electrons. The molecule has 14 nitrogen and oxygen atoms in total. The number of ketones is 2. The summed E-state index contributed by atoms with van der Waals surface area (Å²) in [5.41, 5.74) is 0.471. The van der Waals surface area contributed by atoms with Crippen molar-refractivity contribution in [2.24, 2.45) is 20.4 Å². The Labute approximate surface area is 305 Å². The van der Waals surface area contributed by atoms with E-state index in [4.69, 9.17) is 0 Å². The van der Waals surface area contributed by atoms with Gasteiger partial charge in [0.15, 0.2) is 5.78 Å². The maximum absolute atomic E-state index is 12.8. The molecule has 0 bridgehead atoms. The zero-order valence-corrected chi connectivity index (χ0v) is 28.9. The van der Waals surface area contributed by atoms with Gasteiger partial charge in [0, 0.05) is 22.3 Å². The van der Waals surface area contributed by atoms with E-state index in [2.05, 4.69) is 20.4 Å². The number of rotatable bonds is 5. The van der Waals surface area contributed by atoms with Crippen molar-refractivity contribution in [1.29, 1.82) is 0 Å². The summed E-state index contributed by atoms with van der Waals surface area (Å²) in [5.74, 6) is -2.98. The summed E-state index contributed by atoms with van der Waals surface area (Å²) in [6.07, 6.45) is 14.7. The number of carboxylic acids is 1. The number of carbonyl (C=O) groups excluding carboxylic acids is 3. The van der Waals surface area contributed by atoms with E-state index in [0.717, 1.165) is 18.2 Å². The van der Waals surface area contributed by atoms with Crippen molar-refractivity contribution in [3.8, 4) is 0 Å². The molecule has 0 aliphatic heterocycles. The number of hydrogen-bond acceptors (Lipinski definition) is 13. The Hall–Kier alpha value is -3.74. The molecule has 4 aliphatic rings. The monoisotopic (exact) mass is 658 g/mol. The minimum absolute atomic E-state index is 0. The van der Waals surface area contributed by atoms with Crippen LogP contribution in [0.5, 0.6) is 0 Å². The van der Waals surface area contributed by atoms with Crippen LogP contribution in [0.1, 0.15) is 15.9 Å². The Bertz CT molecular complexity index is 2010. The Morgan fingerprint density at radius 3 is 1.91 bits per heavy atom. The third-order valence-electron chi connectivity index (χ3n) is 6.33. The van der Waals surface area contributed by atoms with Gasteiger partial charge in [0.25, 0.3) is 10.1 Å². The maximum Gasteiger partial charge on any atom is 1.00 e. The fourth-order valence-corrected chi connectivity index (χ4v) is 4.97. The smallest absolute Gasteiger partial charge is 0.545 e. The average Bonchev–Trinajstić information content (AvgIpc) is 3.00. The summed E-state index contributed by atoms with van der Waals surface area (Å²) in [5, 5.41) is 46.4. The van der Waals surface area contributed by atoms with Crippen LogP contribution in [-0.2, 0) is 19.7 Å². The Kier molecular flexibility index (Phi) is 12.2. The molecular formula is C29H18N5Na2O9S+. The number of carbonyl (C=O) groups is 3. The van der Waals surface area contributed by atoms with Crippen molar-refractivity contribution >= 4 is 55.4 Å². The standard InChI is InChI=1S/C29H19N5O9S.2Na/c35-26-12-10-18(13-23(26)29(37)38)31-32-19-9-11-20(25(14-19)34(39)40)16-5-7-17(8-6-16)30-33-24-15-27(44(41,42)43)21-3-1-2-4-22(21)28(24)36;;/h1-15,39-40H,(H,37,38)(H,41,42,43);;/q;2*+1/p-1. The van der Waals surface area contributed by atoms with Crippen molar-refractivity contribution in [1.82, 2.24) is 5.23 Å². The summed E-state index contributed by atoms with van der Waals surface area (Å²) in [6.45, 7) is 0. The third kappa shape index (κ3) is 8.15. The molecule has 0 unspecified atom stereocenters. The SMILES string of the molecule is O=C([O-])C1=CC(=NN=C2C=CC(=C3C=CC(=NN=C4C=C(S(=O)(=O)O)c5ccccc5C4=O)C=C3)C(N(O)O)=C2)C=CC1=O.[Na+].[Na+]. The molecule has 17 heteroatoms. The van der Waals surface area contributed by atoms with E-state index in [1.54, 1.807) is 18.2 Å². The number of nitrogens with zero attached hydrogens (tertiary/aromatic N) is 5. The molecule has 1 aromatic carbocycles. The van der Waals surface area contributed by atoms with E-state index in [0.29, 0.717) is 11.1 Å². The maximum atomic E-state index is 12.8. The summed E-state index contributed by atoms with van der Waals surface area (Å²) >= 11 is 0. The molecule has 0 saturated carbocycles. The molecule has 0 saturated heterocycles. The van der Waals surface area contributed by atoms with Crippen molar-refractivity contribution in [3.05, 3.63) is 125 Å². The fourth-order valence-electron chi connectivity index (χ4n) is 4.26. The summed E-state index contributed by atoms with van der Waals surface area (Å²) in [6, 6.07) is 5.88. The number of Topliss-reactive ketones (excluding diaryl/α,β-unsaturated/α-hetero) is 1. The zero-order valence-electron chi connectivity index (χ0n) is 24.1. The van der Waals surface area contributed by atoms with Crippen LogP contribution < -0.4 is 64.2 Å². The van der Waals surface area contributed by atoms with Crippen molar-refractivity contribution < 1.29 is 102 Å². The van der Waals surface area contributed by atoms with Crippen LogP contribution >= 0.6 is 0 Å². The van der Waals surface area contributed by atoms with E-state index in [1.807, 2.05) is 0 Å². The molecule has 0 spiro atoms. The molecule has 4 aliphatic carbocycles. The van der Waals surface area contributed by atoms with Gasteiger partial charge in [0.2, 0.25) is 5.78 Å². The van der Waals surface area contributed by atoms with Gasteiger partial charge in [-0.25, -0.2) is 0 Å². The fraction of sp³-hybridized carbons (Fsp3) is 0. The van der Waals surface area contributed by atoms with Crippen LogP contribution in [0.4, 0.5) is 0 Å². The van der Waals surface area contributed by atoms with Gasteiger partial charge in [0.1, 0.15) is 16.3 Å². The van der Waals surface area contributed by atoms with Crippen LogP contribution in [0.3, 0.4) is 0 Å². The first-order chi connectivity index (χ1) is 20.9. The molecule has 0 atom stereocenters. The second-order valence-electron chi connectivity index (χ2n) is 9.15. The molecule has 0 aromatic heterocycles. The van der Waals surface area contributed by atoms with Crippen LogP contribution in [0.25, 0.3) is 4.91 Å². The molecule has 5 rings (SSSR count). The predicted molar refractivity (Wildman–Crippen MR) is 155 cm³/mol. The number of benzene rings is 1. The van der Waals surface area contributed by atoms with Crippen LogP contribution in [0.2, 0.25) is 0 Å². The second kappa shape index (κ2) is 15.2. The molecule has 0 amide bonds. The summed E-state index contributed by atoms with van der Waals surface area (Å²) in [4.78, 5) is 35.0. The molecule has 1 aromatic rings. The zero-order chi connectivity index (χ0) is 31.6. The van der Waals surface area contributed by atoms with Gasteiger partial charge in [-0.2, -0.15) is 23.7 Å². The number of allylic oxidation sites excluding steroid dienone is 12. The number of aliphatic carboxylic acids is 1. The van der Waals surface area contributed by atoms with Crippen LogP contribution in [0, 0.1) is 0 Å². The molecule has 3 N–H and O–H groups in total. The largest absolute Gasteiger partial charge is 1.00 e. The van der Waals surface area contributed by atoms with Gasteiger partial charge in [-0.3, -0.25) is 24.6 Å². The minimum atomic E-state index is -4.66. The summed E-state index contributed by atoms with van der Waals surface area (Å²) in [7, 11) is -4.66. The van der Waals surface area contributed by atoms with Crippen molar-refractivity contribution in [3.63, 3.8) is 0 Å². The van der Waals surface area contributed by atoms with Gasteiger partial charge in [-0.1, -0.05) is 36.4 Å². The molecule has 0 fully saturated rings. The van der Waals surface area contributed by atoms with Crippen LogP contribution in [0.15, 0.2) is 134 Å². The Morgan fingerprint density at radius 2 is 1.30 bits per heavy atom. The Morgan fingerprint density at radius 1 is 0.739 bits per heavy atom. The molecular weight excluding hydrogens is 640 g/mol. The number of hydroxylamine groups is 2. The predicted octanol–water partition coefficient (Wildman–Crippen LogP) is -4.51. The summed E-state index contributed by atoms with van der Waals surface area (Å²) < 4.78 is 33.4. The first-order valence-electron chi connectivity index (χ1n) is 12.4. The topological polar surface area (TPSA) is 222 Å². The molecule has 0 radical (unpaired) electrons. The first kappa shape index (κ1) is 36.7. The van der Waals surface area contributed by atoms with E-state index in [1.165, 1.54) is 54.7 Å². The Balaban J connectivity index is 0.00000288. The normalized spacial score (nSPS) is 19.8. The minimum Gasteiger partial charge on any atom is -0.545 e. The average molecular weight is 659 g/mol. The van der Waals surface area contributed by atoms with Crippen LogP contribution in [-0.4, -0.2) is 69.0 Å². The second-order valence-corrected chi connectivity index (χ2v) is 10.5. The van der Waals surface area contributed by atoms with E-state index >= 15 is 0 Å². The van der Waals surface area contributed by atoms with Gasteiger partial charge in [-0.05, 0) is 60.3 Å². The van der Waals surface area contributed by atoms with Gasteiger partial charge in [-0.15, -0.1) is 10.3 Å². The number of fused-ring (bicyclic) bond motifs is 1. The molecule has 46 heavy (non-hydrogen) atoms. The van der Waals surface area contributed by atoms with E-state index in [-0.39, 0.29) is 104 Å². The molecule has 0 heterocycles.